The molecule has 1 saturated heterocycles. The molecule has 0 unspecified atom stereocenters. The molecule has 5 rings (SSSR count). The number of aromatic nitrogens is 3. The Kier molecular flexibility index (Phi) is 5.88. The summed E-state index contributed by atoms with van der Waals surface area (Å²) in [5.41, 5.74) is 2.35. The van der Waals surface area contributed by atoms with E-state index in [9.17, 15) is 9.59 Å². The summed E-state index contributed by atoms with van der Waals surface area (Å²) in [5, 5.41) is 8.06. The summed E-state index contributed by atoms with van der Waals surface area (Å²) in [5.74, 6) is 0.657. The van der Waals surface area contributed by atoms with Gasteiger partial charge in [0.15, 0.2) is 5.69 Å². The number of amides is 2. The van der Waals surface area contributed by atoms with Crippen LogP contribution >= 0.6 is 11.6 Å². The maximum Gasteiger partial charge on any atom is 0.407 e. The van der Waals surface area contributed by atoms with Crippen LogP contribution in [0.2, 0.25) is 5.02 Å². The van der Waals surface area contributed by atoms with E-state index in [-0.39, 0.29) is 11.9 Å². The Morgan fingerprint density at radius 1 is 1.14 bits per heavy atom. The van der Waals surface area contributed by atoms with Gasteiger partial charge in [0.25, 0.3) is 5.91 Å². The third kappa shape index (κ3) is 4.95. The third-order valence-corrected chi connectivity index (χ3v) is 6.19. The second kappa shape index (κ2) is 8.88. The Bertz CT molecular complexity index is 1250. The molecule has 0 saturated carbocycles. The first-order valence-corrected chi connectivity index (χ1v) is 11.9. The largest absolute Gasteiger partial charge is 0.444 e. The molecule has 0 radical (unpaired) electrons. The first kappa shape index (κ1) is 23.2. The van der Waals surface area contributed by atoms with Crippen LogP contribution in [-0.4, -0.2) is 51.5 Å². The number of anilines is 2. The van der Waals surface area contributed by atoms with Crippen molar-refractivity contribution in [1.29, 1.82) is 0 Å². The smallest absolute Gasteiger partial charge is 0.407 e. The third-order valence-electron chi connectivity index (χ3n) is 5.93. The summed E-state index contributed by atoms with van der Waals surface area (Å²) in [6, 6.07) is 11.1. The number of pyridine rings is 1. The number of alkyl carbamates (subject to hydrolysis) is 1. The van der Waals surface area contributed by atoms with Crippen molar-refractivity contribution in [3.05, 3.63) is 65.1 Å². The van der Waals surface area contributed by atoms with E-state index in [0.717, 1.165) is 35.7 Å². The minimum absolute atomic E-state index is 0.000559. The molecule has 3 aromatic rings. The topological polar surface area (TPSA) is 92.6 Å². The standard InChI is InChI=1S/C25H27ClN6O3/c1-25(2,3)35-24(34)28-18-10-11-30(15-18)21-9-8-20(12-27-21)31-13-16-14-32(29-22(16)23(31)33)19-6-4-17(26)5-7-19/h4-9,12,14,18H,10-11,13,15H2,1-3H3,(H,28,34)/t18-/m1/s1. The fraction of sp³-hybridized carbons (Fsp3) is 0.360. The Hall–Kier alpha value is -3.59. The normalized spacial score (nSPS) is 17.6. The van der Waals surface area contributed by atoms with Crippen LogP contribution in [0.3, 0.4) is 0 Å². The molecule has 1 fully saturated rings. The van der Waals surface area contributed by atoms with E-state index in [4.69, 9.17) is 16.3 Å². The predicted molar refractivity (Wildman–Crippen MR) is 133 cm³/mol. The van der Waals surface area contributed by atoms with Crippen LogP contribution in [0.15, 0.2) is 48.8 Å². The molecule has 4 heterocycles. The van der Waals surface area contributed by atoms with Crippen molar-refractivity contribution < 1.29 is 14.3 Å². The van der Waals surface area contributed by atoms with Gasteiger partial charge in [-0.15, -0.1) is 0 Å². The Morgan fingerprint density at radius 2 is 1.89 bits per heavy atom. The first-order valence-electron chi connectivity index (χ1n) is 11.5. The number of carbonyl (C=O) groups excluding carboxylic acids is 2. The number of hydrogen-bond acceptors (Lipinski definition) is 6. The summed E-state index contributed by atoms with van der Waals surface area (Å²) in [6.45, 7) is 7.40. The lowest BCUT2D eigenvalue weighted by Crippen LogP contribution is -2.40. The highest BCUT2D eigenvalue weighted by atomic mass is 35.5. The molecular formula is C25H27ClN6O3. The lowest BCUT2D eigenvalue weighted by Gasteiger charge is -2.22. The number of nitrogens with one attached hydrogen (secondary N) is 1. The highest BCUT2D eigenvalue weighted by Gasteiger charge is 2.33. The molecule has 0 spiro atoms. The van der Waals surface area contributed by atoms with E-state index in [1.807, 2.05) is 51.2 Å². The average Bonchev–Trinajstić information content (AvgIpc) is 3.50. The zero-order chi connectivity index (χ0) is 24.7. The Balaban J connectivity index is 1.21. The summed E-state index contributed by atoms with van der Waals surface area (Å²) in [6.07, 6.45) is 3.99. The van der Waals surface area contributed by atoms with Crippen LogP contribution in [0.25, 0.3) is 5.69 Å². The number of carbonyl (C=O) groups is 2. The van der Waals surface area contributed by atoms with Gasteiger partial charge < -0.3 is 19.9 Å². The SMILES string of the molecule is CC(C)(C)OC(=O)N[C@@H]1CCN(c2ccc(N3Cc4cn(-c5ccc(Cl)cc5)nc4C3=O)cn2)C1. The minimum Gasteiger partial charge on any atom is -0.444 e. The lowest BCUT2D eigenvalue weighted by atomic mass is 10.2. The van der Waals surface area contributed by atoms with Gasteiger partial charge in [-0.1, -0.05) is 11.6 Å². The number of benzene rings is 1. The van der Waals surface area contributed by atoms with E-state index >= 15 is 0 Å². The van der Waals surface area contributed by atoms with E-state index in [2.05, 4.69) is 20.3 Å². The van der Waals surface area contributed by atoms with Gasteiger partial charge in [-0.2, -0.15) is 5.10 Å². The molecule has 1 N–H and O–H groups in total. The average molecular weight is 495 g/mol. The molecule has 2 amide bonds. The number of ether oxygens (including phenoxy) is 1. The maximum atomic E-state index is 13.0. The van der Waals surface area contributed by atoms with Gasteiger partial charge in [-0.3, -0.25) is 4.79 Å². The molecule has 2 aromatic heterocycles. The number of halogens is 1. The van der Waals surface area contributed by atoms with Gasteiger partial charge in [0.1, 0.15) is 11.4 Å². The van der Waals surface area contributed by atoms with Gasteiger partial charge in [0.05, 0.1) is 30.2 Å². The number of fused-ring (bicyclic) bond motifs is 1. The molecule has 1 atom stereocenters. The number of rotatable bonds is 4. The quantitative estimate of drug-likeness (QED) is 0.584. The summed E-state index contributed by atoms with van der Waals surface area (Å²) in [4.78, 5) is 33.4. The van der Waals surface area contributed by atoms with Gasteiger partial charge in [0.2, 0.25) is 0 Å². The second-order valence-corrected chi connectivity index (χ2v) is 10.2. The fourth-order valence-corrected chi connectivity index (χ4v) is 4.42. The lowest BCUT2D eigenvalue weighted by molar-refractivity contribution is 0.0509. The molecule has 35 heavy (non-hydrogen) atoms. The molecule has 2 aliphatic rings. The first-order chi connectivity index (χ1) is 16.7. The molecule has 0 bridgehead atoms. The highest BCUT2D eigenvalue weighted by molar-refractivity contribution is 6.30. The zero-order valence-corrected chi connectivity index (χ0v) is 20.6. The molecule has 9 nitrogen and oxygen atoms in total. The van der Waals surface area contributed by atoms with Crippen LogP contribution in [0, 0.1) is 0 Å². The van der Waals surface area contributed by atoms with Crippen molar-refractivity contribution in [1.82, 2.24) is 20.1 Å². The van der Waals surface area contributed by atoms with Gasteiger partial charge in [-0.25, -0.2) is 14.5 Å². The van der Waals surface area contributed by atoms with Crippen LogP contribution in [-0.2, 0) is 11.3 Å². The Labute approximate surface area is 208 Å². The van der Waals surface area contributed by atoms with Crippen LogP contribution in [0.4, 0.5) is 16.3 Å². The zero-order valence-electron chi connectivity index (χ0n) is 19.9. The molecule has 1 aromatic carbocycles. The van der Waals surface area contributed by atoms with Crippen LogP contribution in [0.5, 0.6) is 0 Å². The van der Waals surface area contributed by atoms with E-state index in [0.29, 0.717) is 23.8 Å². The monoisotopic (exact) mass is 494 g/mol. The summed E-state index contributed by atoms with van der Waals surface area (Å²) in [7, 11) is 0. The van der Waals surface area contributed by atoms with Crippen LogP contribution in [0.1, 0.15) is 43.2 Å². The summed E-state index contributed by atoms with van der Waals surface area (Å²) >= 11 is 5.96. The van der Waals surface area contributed by atoms with Gasteiger partial charge >= 0.3 is 6.09 Å². The number of nitrogens with zero attached hydrogens (tertiary/aromatic N) is 5. The molecule has 2 aliphatic heterocycles. The van der Waals surface area contributed by atoms with Crippen molar-refractivity contribution in [3.63, 3.8) is 0 Å². The van der Waals surface area contributed by atoms with Gasteiger partial charge in [0, 0.05) is 29.9 Å². The predicted octanol–water partition coefficient (Wildman–Crippen LogP) is 4.18. The van der Waals surface area contributed by atoms with E-state index in [1.165, 1.54) is 0 Å². The van der Waals surface area contributed by atoms with E-state index in [1.54, 1.807) is 27.9 Å². The van der Waals surface area contributed by atoms with Crippen molar-refractivity contribution in [2.45, 2.75) is 45.4 Å². The van der Waals surface area contributed by atoms with Crippen molar-refractivity contribution in [2.24, 2.45) is 0 Å². The van der Waals surface area contributed by atoms with Crippen molar-refractivity contribution >= 4 is 35.1 Å². The maximum absolute atomic E-state index is 13.0. The molecule has 0 aliphatic carbocycles. The fourth-order valence-electron chi connectivity index (χ4n) is 4.30. The van der Waals surface area contributed by atoms with Crippen molar-refractivity contribution in [3.8, 4) is 5.69 Å². The molecule has 182 valence electrons. The minimum atomic E-state index is -0.527. The van der Waals surface area contributed by atoms with Crippen molar-refractivity contribution in [2.75, 3.05) is 22.9 Å². The highest BCUT2D eigenvalue weighted by Crippen LogP contribution is 2.29. The molecular weight excluding hydrogens is 468 g/mol. The van der Waals surface area contributed by atoms with Gasteiger partial charge in [-0.05, 0) is 63.6 Å². The number of hydrogen-bond donors (Lipinski definition) is 1. The summed E-state index contributed by atoms with van der Waals surface area (Å²) < 4.78 is 7.05. The molecule has 10 heteroatoms. The van der Waals surface area contributed by atoms with E-state index < -0.39 is 11.7 Å². The second-order valence-electron chi connectivity index (χ2n) is 9.77. The van der Waals surface area contributed by atoms with Crippen LogP contribution < -0.4 is 15.1 Å². The Morgan fingerprint density at radius 3 is 2.54 bits per heavy atom.